The summed E-state index contributed by atoms with van der Waals surface area (Å²) in [5, 5.41) is 9.62. The molecule has 64 valence electrons. The molecule has 0 radical (unpaired) electrons. The first-order valence-electron chi connectivity index (χ1n) is 4.56. The van der Waals surface area contributed by atoms with Crippen molar-refractivity contribution in [1.29, 1.82) is 0 Å². The molecule has 0 aromatic heterocycles. The quantitative estimate of drug-likeness (QED) is 0.605. The lowest BCUT2D eigenvalue weighted by atomic mass is 9.79. The van der Waals surface area contributed by atoms with E-state index >= 15 is 0 Å². The van der Waals surface area contributed by atoms with Crippen molar-refractivity contribution in [1.82, 2.24) is 0 Å². The molecule has 0 saturated heterocycles. The molecule has 1 aliphatic rings. The van der Waals surface area contributed by atoms with Crippen molar-refractivity contribution in [3.05, 3.63) is 12.7 Å². The Balaban J connectivity index is 2.46. The monoisotopic (exact) mass is 154 g/mol. The third-order valence-corrected chi connectivity index (χ3v) is 2.83. The van der Waals surface area contributed by atoms with Gasteiger partial charge in [-0.2, -0.15) is 0 Å². The molecule has 1 nitrogen and oxygen atoms in total. The van der Waals surface area contributed by atoms with Crippen molar-refractivity contribution >= 4 is 0 Å². The minimum absolute atomic E-state index is 0.0725. The topological polar surface area (TPSA) is 20.2 Å². The first-order valence-corrected chi connectivity index (χ1v) is 4.56. The molecular formula is C10H18O. The molecule has 0 aromatic rings. The summed E-state index contributed by atoms with van der Waals surface area (Å²) in [5.41, 5.74) is 0. The fraction of sp³-hybridized carbons (Fsp3) is 0.800. The highest BCUT2D eigenvalue weighted by atomic mass is 16.3. The van der Waals surface area contributed by atoms with Crippen LogP contribution in [0.15, 0.2) is 12.7 Å². The molecule has 1 rings (SSSR count). The minimum atomic E-state index is -0.0725. The summed E-state index contributed by atoms with van der Waals surface area (Å²) in [4.78, 5) is 0. The van der Waals surface area contributed by atoms with Crippen molar-refractivity contribution in [2.24, 2.45) is 11.8 Å². The zero-order chi connectivity index (χ0) is 8.27. The van der Waals surface area contributed by atoms with Crippen LogP contribution < -0.4 is 0 Å². The molecule has 1 N–H and O–H groups in total. The molecule has 0 aromatic carbocycles. The Bertz CT molecular complexity index is 131. The van der Waals surface area contributed by atoms with E-state index in [0.717, 1.165) is 6.42 Å². The molecule has 1 saturated carbocycles. The predicted octanol–water partition coefficient (Wildman–Crippen LogP) is 2.36. The van der Waals surface area contributed by atoms with Crippen LogP contribution in [0.5, 0.6) is 0 Å². The molecule has 0 heterocycles. The zero-order valence-corrected chi connectivity index (χ0v) is 7.29. The van der Waals surface area contributed by atoms with Crippen LogP contribution in [-0.4, -0.2) is 11.2 Å². The molecule has 1 fully saturated rings. The van der Waals surface area contributed by atoms with Crippen LogP contribution in [0.4, 0.5) is 0 Å². The number of hydrogen-bond acceptors (Lipinski definition) is 1. The second-order valence-electron chi connectivity index (χ2n) is 3.61. The summed E-state index contributed by atoms with van der Waals surface area (Å²) < 4.78 is 0. The third kappa shape index (κ3) is 2.06. The van der Waals surface area contributed by atoms with Gasteiger partial charge in [-0.3, -0.25) is 0 Å². The Morgan fingerprint density at radius 2 is 2.09 bits per heavy atom. The molecule has 0 bridgehead atoms. The van der Waals surface area contributed by atoms with Gasteiger partial charge in [0.15, 0.2) is 0 Å². The first kappa shape index (κ1) is 8.79. The molecule has 0 spiro atoms. The number of aliphatic hydroxyl groups is 1. The fourth-order valence-electron chi connectivity index (χ4n) is 1.93. The summed E-state index contributed by atoms with van der Waals surface area (Å²) in [5.74, 6) is 0.951. The highest BCUT2D eigenvalue weighted by Gasteiger charge is 2.25. The Labute approximate surface area is 69.1 Å². The molecular weight excluding hydrogens is 136 g/mol. The first-order chi connectivity index (χ1) is 5.25. The van der Waals surface area contributed by atoms with E-state index in [9.17, 15) is 5.11 Å². The van der Waals surface area contributed by atoms with Crippen LogP contribution in [0.1, 0.15) is 32.6 Å². The standard InChI is InChI=1S/C10H18O/c1-3-8(2)9-6-4-5-7-10(9)11/h3,8-11H,1,4-7H2,2H3/t8?,9-,10-/m1/s1. The Morgan fingerprint density at radius 1 is 1.45 bits per heavy atom. The molecule has 0 aliphatic heterocycles. The molecule has 3 atom stereocenters. The smallest absolute Gasteiger partial charge is 0.0573 e. The molecule has 1 unspecified atom stereocenters. The summed E-state index contributed by atoms with van der Waals surface area (Å²) in [6.45, 7) is 5.90. The van der Waals surface area contributed by atoms with E-state index in [1.54, 1.807) is 0 Å². The van der Waals surface area contributed by atoms with Gasteiger partial charge in [-0.05, 0) is 24.7 Å². The van der Waals surface area contributed by atoms with E-state index in [2.05, 4.69) is 13.5 Å². The van der Waals surface area contributed by atoms with Crippen LogP contribution in [0.3, 0.4) is 0 Å². The van der Waals surface area contributed by atoms with Crippen LogP contribution in [-0.2, 0) is 0 Å². The van der Waals surface area contributed by atoms with Crippen LogP contribution in [0, 0.1) is 11.8 Å². The van der Waals surface area contributed by atoms with Gasteiger partial charge in [0, 0.05) is 0 Å². The van der Waals surface area contributed by atoms with Gasteiger partial charge in [-0.15, -0.1) is 6.58 Å². The fourth-order valence-corrected chi connectivity index (χ4v) is 1.93. The summed E-state index contributed by atoms with van der Waals surface area (Å²) in [7, 11) is 0. The van der Waals surface area contributed by atoms with Gasteiger partial charge in [0.25, 0.3) is 0 Å². The van der Waals surface area contributed by atoms with Crippen LogP contribution in [0.25, 0.3) is 0 Å². The number of hydrogen-bond donors (Lipinski definition) is 1. The molecule has 0 amide bonds. The average molecular weight is 154 g/mol. The highest BCUT2D eigenvalue weighted by Crippen LogP contribution is 2.30. The Morgan fingerprint density at radius 3 is 2.64 bits per heavy atom. The van der Waals surface area contributed by atoms with Crippen LogP contribution >= 0.6 is 0 Å². The summed E-state index contributed by atoms with van der Waals surface area (Å²) in [6, 6.07) is 0. The normalized spacial score (nSPS) is 34.7. The summed E-state index contributed by atoms with van der Waals surface area (Å²) >= 11 is 0. The van der Waals surface area contributed by atoms with E-state index in [0.29, 0.717) is 11.8 Å². The van der Waals surface area contributed by atoms with Crippen molar-refractivity contribution < 1.29 is 5.11 Å². The van der Waals surface area contributed by atoms with E-state index in [4.69, 9.17) is 0 Å². The lowest BCUT2D eigenvalue weighted by Gasteiger charge is -2.30. The second-order valence-corrected chi connectivity index (χ2v) is 3.61. The maximum absolute atomic E-state index is 9.62. The number of aliphatic hydroxyl groups excluding tert-OH is 1. The minimum Gasteiger partial charge on any atom is -0.393 e. The molecule has 1 aliphatic carbocycles. The Hall–Kier alpha value is -0.300. The number of allylic oxidation sites excluding steroid dienone is 1. The van der Waals surface area contributed by atoms with E-state index in [1.165, 1.54) is 19.3 Å². The van der Waals surface area contributed by atoms with Crippen molar-refractivity contribution in [2.75, 3.05) is 0 Å². The maximum atomic E-state index is 9.62. The largest absolute Gasteiger partial charge is 0.393 e. The maximum Gasteiger partial charge on any atom is 0.0573 e. The Kier molecular flexibility index (Phi) is 3.13. The zero-order valence-electron chi connectivity index (χ0n) is 7.29. The van der Waals surface area contributed by atoms with Crippen molar-refractivity contribution in [3.63, 3.8) is 0 Å². The summed E-state index contributed by atoms with van der Waals surface area (Å²) in [6.07, 6.45) is 6.52. The van der Waals surface area contributed by atoms with E-state index in [-0.39, 0.29) is 6.10 Å². The van der Waals surface area contributed by atoms with E-state index < -0.39 is 0 Å². The van der Waals surface area contributed by atoms with Gasteiger partial charge >= 0.3 is 0 Å². The lowest BCUT2D eigenvalue weighted by molar-refractivity contribution is 0.0518. The predicted molar refractivity (Wildman–Crippen MR) is 47.3 cm³/mol. The van der Waals surface area contributed by atoms with Crippen LogP contribution in [0.2, 0.25) is 0 Å². The molecule has 11 heavy (non-hydrogen) atoms. The van der Waals surface area contributed by atoms with E-state index in [1.807, 2.05) is 6.08 Å². The van der Waals surface area contributed by atoms with Crippen molar-refractivity contribution in [3.8, 4) is 0 Å². The average Bonchev–Trinajstić information content (AvgIpc) is 2.04. The lowest BCUT2D eigenvalue weighted by Crippen LogP contribution is -2.28. The SMILES string of the molecule is C=CC(C)[C@H]1CCCC[C@H]1O. The van der Waals surface area contributed by atoms with Gasteiger partial charge in [-0.25, -0.2) is 0 Å². The van der Waals surface area contributed by atoms with Gasteiger partial charge in [-0.1, -0.05) is 25.8 Å². The number of rotatable bonds is 2. The highest BCUT2D eigenvalue weighted by molar-refractivity contribution is 4.87. The van der Waals surface area contributed by atoms with Gasteiger partial charge < -0.3 is 5.11 Å². The third-order valence-electron chi connectivity index (χ3n) is 2.83. The van der Waals surface area contributed by atoms with Crippen molar-refractivity contribution in [2.45, 2.75) is 38.7 Å². The van der Waals surface area contributed by atoms with Gasteiger partial charge in [0.1, 0.15) is 0 Å². The van der Waals surface area contributed by atoms with Gasteiger partial charge in [0.05, 0.1) is 6.10 Å². The molecule has 1 heteroatoms. The van der Waals surface area contributed by atoms with Gasteiger partial charge in [0.2, 0.25) is 0 Å². The second kappa shape index (κ2) is 3.91.